The molecule has 12 heteroatoms. The summed E-state index contributed by atoms with van der Waals surface area (Å²) in [5.41, 5.74) is 2.83. The summed E-state index contributed by atoms with van der Waals surface area (Å²) in [4.78, 5) is 23.7. The van der Waals surface area contributed by atoms with Gasteiger partial charge in [-0.3, -0.25) is 4.79 Å². The minimum atomic E-state index is -5.08. The highest BCUT2D eigenvalue weighted by Crippen LogP contribution is 2.33. The normalized spacial score (nSPS) is 20.0. The number of aliphatic carboxylic acids is 1. The highest BCUT2D eigenvalue weighted by molar-refractivity contribution is 5.99. The standard InChI is InChI=1S/C20H19F3N2O2.C2HF3O2/c1-12-18(7-8-24-12)25-11-15-6-5-14(10-17(15)19(25)26)13-3-2-4-16(9-13)27-20(21,22)23;3-2(4,5)1(6)7/h2-6,9-10,12,18,24H,7-8,11H2,1H3;(H,6,7)/t12-,18-;/m1./s1. The molecule has 2 aromatic rings. The molecule has 2 atom stereocenters. The van der Waals surface area contributed by atoms with Gasteiger partial charge in [-0.1, -0.05) is 24.3 Å². The molecule has 4 rings (SSSR count). The summed E-state index contributed by atoms with van der Waals surface area (Å²) in [5, 5.41) is 10.5. The molecule has 0 aromatic heterocycles. The van der Waals surface area contributed by atoms with E-state index in [2.05, 4.69) is 17.0 Å². The number of halogens is 6. The van der Waals surface area contributed by atoms with Gasteiger partial charge >= 0.3 is 18.5 Å². The summed E-state index contributed by atoms with van der Waals surface area (Å²) in [5.74, 6) is -3.05. The third kappa shape index (κ3) is 5.99. The Bertz CT molecular complexity index is 1070. The van der Waals surface area contributed by atoms with E-state index < -0.39 is 18.5 Å². The van der Waals surface area contributed by atoms with Crippen molar-refractivity contribution in [3.8, 4) is 16.9 Å². The maximum atomic E-state index is 12.9. The number of hydrogen-bond donors (Lipinski definition) is 2. The first-order valence-electron chi connectivity index (χ1n) is 10.1. The van der Waals surface area contributed by atoms with Crippen LogP contribution in [0.1, 0.15) is 29.3 Å². The zero-order chi connectivity index (χ0) is 25.3. The quantitative estimate of drug-likeness (QED) is 0.616. The minimum Gasteiger partial charge on any atom is -0.475 e. The zero-order valence-corrected chi connectivity index (χ0v) is 17.7. The average Bonchev–Trinajstić information content (AvgIpc) is 3.29. The van der Waals surface area contributed by atoms with Gasteiger partial charge in [0.2, 0.25) is 0 Å². The molecule has 2 N–H and O–H groups in total. The van der Waals surface area contributed by atoms with Crippen LogP contribution in [0.3, 0.4) is 0 Å². The van der Waals surface area contributed by atoms with Crippen molar-refractivity contribution in [3.63, 3.8) is 0 Å². The lowest BCUT2D eigenvalue weighted by molar-refractivity contribution is -0.274. The first-order valence-corrected chi connectivity index (χ1v) is 10.1. The number of nitrogens with zero attached hydrogens (tertiary/aromatic N) is 1. The number of hydrogen-bond acceptors (Lipinski definition) is 4. The molecular formula is C22H20F6N2O4. The number of ether oxygens (including phenoxy) is 1. The Morgan fingerprint density at radius 1 is 1.09 bits per heavy atom. The SMILES string of the molecule is C[C@H]1NCC[C@H]1N1Cc2ccc(-c3cccc(OC(F)(F)F)c3)cc2C1=O.O=C(O)C(F)(F)F. The first-order chi connectivity index (χ1) is 15.8. The number of carboxylic acids is 1. The van der Waals surface area contributed by atoms with E-state index in [4.69, 9.17) is 9.90 Å². The molecule has 2 aliphatic heterocycles. The fourth-order valence-electron chi connectivity index (χ4n) is 3.91. The monoisotopic (exact) mass is 490 g/mol. The predicted molar refractivity (Wildman–Crippen MR) is 108 cm³/mol. The van der Waals surface area contributed by atoms with E-state index in [1.807, 2.05) is 17.0 Å². The van der Waals surface area contributed by atoms with Crippen LogP contribution in [0.4, 0.5) is 26.3 Å². The zero-order valence-electron chi connectivity index (χ0n) is 17.7. The molecular weight excluding hydrogens is 470 g/mol. The van der Waals surface area contributed by atoms with Crippen molar-refractivity contribution in [2.75, 3.05) is 6.54 Å². The van der Waals surface area contributed by atoms with Crippen LogP contribution in [-0.4, -0.2) is 53.1 Å². The van der Waals surface area contributed by atoms with Crippen LogP contribution >= 0.6 is 0 Å². The largest absolute Gasteiger partial charge is 0.573 e. The number of alkyl halides is 6. The third-order valence-corrected chi connectivity index (χ3v) is 5.47. The lowest BCUT2D eigenvalue weighted by atomic mass is 10.0. The summed E-state index contributed by atoms with van der Waals surface area (Å²) in [6, 6.07) is 11.7. The topological polar surface area (TPSA) is 78.9 Å². The first kappa shape index (κ1) is 25.3. The van der Waals surface area contributed by atoms with E-state index in [9.17, 15) is 31.1 Å². The van der Waals surface area contributed by atoms with E-state index >= 15 is 0 Å². The van der Waals surface area contributed by atoms with Crippen LogP contribution in [0.5, 0.6) is 5.75 Å². The number of carboxylic acid groups (broad SMARTS) is 1. The highest BCUT2D eigenvalue weighted by atomic mass is 19.4. The second-order valence-electron chi connectivity index (χ2n) is 7.78. The molecule has 0 saturated carbocycles. The minimum absolute atomic E-state index is 0.0184. The van der Waals surface area contributed by atoms with Gasteiger partial charge in [0.1, 0.15) is 5.75 Å². The summed E-state index contributed by atoms with van der Waals surface area (Å²) in [6.45, 7) is 3.54. The predicted octanol–water partition coefficient (Wildman–Crippen LogP) is 4.59. The molecule has 34 heavy (non-hydrogen) atoms. The molecule has 1 saturated heterocycles. The van der Waals surface area contributed by atoms with Crippen molar-refractivity contribution in [3.05, 3.63) is 53.6 Å². The van der Waals surface area contributed by atoms with Crippen molar-refractivity contribution in [1.29, 1.82) is 0 Å². The maximum Gasteiger partial charge on any atom is 0.573 e. The number of benzene rings is 2. The van der Waals surface area contributed by atoms with Gasteiger partial charge in [-0.15, -0.1) is 13.2 Å². The molecule has 0 bridgehead atoms. The molecule has 0 spiro atoms. The highest BCUT2D eigenvalue weighted by Gasteiger charge is 2.38. The second kappa shape index (κ2) is 9.53. The molecule has 1 amide bonds. The number of carbonyl (C=O) groups excluding carboxylic acids is 1. The van der Waals surface area contributed by atoms with Gasteiger partial charge in [0.25, 0.3) is 5.91 Å². The van der Waals surface area contributed by atoms with E-state index in [1.165, 1.54) is 18.2 Å². The van der Waals surface area contributed by atoms with E-state index in [0.29, 0.717) is 23.2 Å². The van der Waals surface area contributed by atoms with Gasteiger partial charge in [0.05, 0.1) is 0 Å². The van der Waals surface area contributed by atoms with Crippen LogP contribution in [0.15, 0.2) is 42.5 Å². The number of nitrogens with one attached hydrogen (secondary N) is 1. The molecule has 2 heterocycles. The van der Waals surface area contributed by atoms with Crippen molar-refractivity contribution in [1.82, 2.24) is 10.2 Å². The Hall–Kier alpha value is -3.28. The van der Waals surface area contributed by atoms with Gasteiger partial charge in [0, 0.05) is 24.2 Å². The fourth-order valence-corrected chi connectivity index (χ4v) is 3.91. The van der Waals surface area contributed by atoms with Crippen molar-refractivity contribution in [2.45, 2.75) is 44.5 Å². The molecule has 2 aliphatic rings. The fraction of sp³-hybridized carbons (Fsp3) is 0.364. The average molecular weight is 490 g/mol. The molecule has 2 aromatic carbocycles. The lowest BCUT2D eigenvalue weighted by Crippen LogP contribution is -2.42. The molecule has 1 fully saturated rings. The maximum absolute atomic E-state index is 12.9. The third-order valence-electron chi connectivity index (χ3n) is 5.47. The lowest BCUT2D eigenvalue weighted by Gasteiger charge is -2.26. The Morgan fingerprint density at radius 2 is 1.74 bits per heavy atom. The molecule has 0 radical (unpaired) electrons. The number of carbonyl (C=O) groups is 2. The smallest absolute Gasteiger partial charge is 0.475 e. The van der Waals surface area contributed by atoms with Crippen LogP contribution in [0.2, 0.25) is 0 Å². The summed E-state index contributed by atoms with van der Waals surface area (Å²) in [7, 11) is 0. The number of amides is 1. The molecule has 6 nitrogen and oxygen atoms in total. The summed E-state index contributed by atoms with van der Waals surface area (Å²) < 4.78 is 73.1. The van der Waals surface area contributed by atoms with E-state index in [1.54, 1.807) is 12.1 Å². The molecule has 184 valence electrons. The van der Waals surface area contributed by atoms with Gasteiger partial charge in [0.15, 0.2) is 0 Å². The van der Waals surface area contributed by atoms with Crippen LogP contribution in [0.25, 0.3) is 11.1 Å². The Labute approximate surface area is 190 Å². The number of rotatable bonds is 3. The van der Waals surface area contributed by atoms with Crippen molar-refractivity contribution >= 4 is 11.9 Å². The second-order valence-corrected chi connectivity index (χ2v) is 7.78. The van der Waals surface area contributed by atoms with E-state index in [0.717, 1.165) is 18.5 Å². The van der Waals surface area contributed by atoms with Crippen molar-refractivity contribution < 1.29 is 45.8 Å². The molecule has 0 unspecified atom stereocenters. The van der Waals surface area contributed by atoms with Crippen LogP contribution in [-0.2, 0) is 11.3 Å². The van der Waals surface area contributed by atoms with Gasteiger partial charge in [-0.05, 0) is 54.8 Å². The van der Waals surface area contributed by atoms with Crippen molar-refractivity contribution in [2.24, 2.45) is 0 Å². The Balaban J connectivity index is 0.000000406. The van der Waals surface area contributed by atoms with Gasteiger partial charge in [-0.25, -0.2) is 4.79 Å². The van der Waals surface area contributed by atoms with Crippen LogP contribution in [0, 0.1) is 0 Å². The summed E-state index contributed by atoms with van der Waals surface area (Å²) >= 11 is 0. The summed E-state index contributed by atoms with van der Waals surface area (Å²) in [6.07, 6.45) is -8.90. The van der Waals surface area contributed by atoms with Gasteiger partial charge in [-0.2, -0.15) is 13.2 Å². The Morgan fingerprint density at radius 3 is 2.29 bits per heavy atom. The molecule has 0 aliphatic carbocycles. The van der Waals surface area contributed by atoms with Crippen LogP contribution < -0.4 is 10.1 Å². The van der Waals surface area contributed by atoms with Gasteiger partial charge < -0.3 is 20.1 Å². The Kier molecular flexibility index (Phi) is 7.10. The van der Waals surface area contributed by atoms with E-state index in [-0.39, 0.29) is 23.7 Å². The number of fused-ring (bicyclic) bond motifs is 1.